The summed E-state index contributed by atoms with van der Waals surface area (Å²) in [6.07, 6.45) is -3.66. The van der Waals surface area contributed by atoms with Crippen LogP contribution in [0, 0.1) is 10.8 Å². The van der Waals surface area contributed by atoms with E-state index in [0.717, 1.165) is 0 Å². The number of alkyl halides is 3. The highest BCUT2D eigenvalue weighted by molar-refractivity contribution is 5.75. The molecule has 0 aliphatic heterocycles. The van der Waals surface area contributed by atoms with E-state index in [-0.39, 0.29) is 31.1 Å². The molecular weight excluding hydrogens is 183 g/mol. The number of hydrogen-bond acceptors (Lipinski definition) is 1. The normalized spacial score (nSPS) is 42.1. The summed E-state index contributed by atoms with van der Waals surface area (Å²) in [5, 5.41) is 0. The van der Waals surface area contributed by atoms with Crippen LogP contribution in [0.2, 0.25) is 0 Å². The quantitative estimate of drug-likeness (QED) is 0.711. The molecule has 0 saturated heterocycles. The summed E-state index contributed by atoms with van der Waals surface area (Å²) in [5.74, 6) is -0.490. The molecule has 5 heteroatoms. The van der Waals surface area contributed by atoms with Gasteiger partial charge in [-0.2, -0.15) is 13.2 Å². The number of nitrogens with two attached hydrogens (primary N) is 1. The first-order chi connectivity index (χ1) is 5.79. The third kappa shape index (κ3) is 0.988. The molecule has 3 rings (SSSR count). The van der Waals surface area contributed by atoms with Crippen LogP contribution in [0.4, 0.5) is 13.2 Å². The highest BCUT2D eigenvalue weighted by Gasteiger charge is 2.78. The summed E-state index contributed by atoms with van der Waals surface area (Å²) in [6.45, 7) is 0. The van der Waals surface area contributed by atoms with Crippen LogP contribution in [0.3, 0.4) is 0 Å². The number of hydrogen-bond donors (Lipinski definition) is 1. The van der Waals surface area contributed by atoms with E-state index in [1.54, 1.807) is 0 Å². The Morgan fingerprint density at radius 2 is 1.77 bits per heavy atom. The van der Waals surface area contributed by atoms with E-state index in [0.29, 0.717) is 0 Å². The van der Waals surface area contributed by atoms with E-state index in [1.165, 1.54) is 0 Å². The first-order valence-corrected chi connectivity index (χ1v) is 4.14. The van der Waals surface area contributed by atoms with Crippen molar-refractivity contribution in [1.82, 2.24) is 0 Å². The summed E-state index contributed by atoms with van der Waals surface area (Å²) >= 11 is 0. The average Bonchev–Trinajstić information content (AvgIpc) is 1.70. The van der Waals surface area contributed by atoms with Gasteiger partial charge >= 0.3 is 6.18 Å². The first kappa shape index (κ1) is 8.84. The maximum Gasteiger partial charge on any atom is 0.394 e. The summed E-state index contributed by atoms with van der Waals surface area (Å²) in [4.78, 5) is 10.5. The van der Waals surface area contributed by atoms with E-state index >= 15 is 0 Å². The molecule has 0 aromatic carbocycles. The molecule has 2 bridgehead atoms. The molecule has 3 aliphatic carbocycles. The zero-order valence-electron chi connectivity index (χ0n) is 6.95. The number of carbonyl (C=O) groups excluding carboxylic acids is 1. The van der Waals surface area contributed by atoms with Crippen molar-refractivity contribution < 1.29 is 18.0 Å². The van der Waals surface area contributed by atoms with E-state index in [1.807, 2.05) is 0 Å². The van der Waals surface area contributed by atoms with Crippen LogP contribution in [0.5, 0.6) is 0 Å². The van der Waals surface area contributed by atoms with Crippen LogP contribution in [0.1, 0.15) is 25.7 Å². The molecule has 2 nitrogen and oxygen atoms in total. The van der Waals surface area contributed by atoms with Crippen LogP contribution < -0.4 is 5.73 Å². The van der Waals surface area contributed by atoms with Crippen LogP contribution in [-0.4, -0.2) is 12.1 Å². The van der Waals surface area contributed by atoms with Crippen LogP contribution in [0.25, 0.3) is 0 Å². The van der Waals surface area contributed by atoms with Gasteiger partial charge in [-0.3, -0.25) is 4.79 Å². The fourth-order valence-corrected chi connectivity index (χ4v) is 2.86. The summed E-state index contributed by atoms with van der Waals surface area (Å²) in [6, 6.07) is 0. The lowest BCUT2D eigenvalue weighted by molar-refractivity contribution is -0.362. The predicted molar refractivity (Wildman–Crippen MR) is 38.6 cm³/mol. The lowest BCUT2D eigenvalue weighted by atomic mass is 9.34. The van der Waals surface area contributed by atoms with Crippen molar-refractivity contribution in [3.05, 3.63) is 0 Å². The largest absolute Gasteiger partial charge is 0.394 e. The zero-order chi connectivity index (χ0) is 9.91. The number of halogens is 3. The van der Waals surface area contributed by atoms with Gasteiger partial charge in [0.1, 0.15) is 0 Å². The minimum absolute atomic E-state index is 0.104. The Morgan fingerprint density at radius 3 is 2.08 bits per heavy atom. The molecule has 3 aliphatic rings. The van der Waals surface area contributed by atoms with Gasteiger partial charge in [0.25, 0.3) is 0 Å². The highest BCUT2D eigenvalue weighted by atomic mass is 19.4. The fraction of sp³-hybridized carbons (Fsp3) is 0.875. The van der Waals surface area contributed by atoms with Gasteiger partial charge in [-0.1, -0.05) is 0 Å². The van der Waals surface area contributed by atoms with Crippen LogP contribution >= 0.6 is 0 Å². The number of carbonyl (C=O) groups is 1. The number of rotatable bonds is 2. The Hall–Kier alpha value is -0.740. The average molecular weight is 193 g/mol. The molecule has 74 valence electrons. The van der Waals surface area contributed by atoms with Crippen LogP contribution in [-0.2, 0) is 4.79 Å². The van der Waals surface area contributed by atoms with Crippen molar-refractivity contribution >= 4 is 5.91 Å². The van der Waals surface area contributed by atoms with Crippen molar-refractivity contribution in [2.75, 3.05) is 0 Å². The second-order valence-corrected chi connectivity index (χ2v) is 4.45. The van der Waals surface area contributed by atoms with Gasteiger partial charge in [0.05, 0.1) is 5.41 Å². The molecule has 0 aromatic heterocycles. The predicted octanol–water partition coefficient (Wildman–Crippen LogP) is 1.59. The van der Waals surface area contributed by atoms with Gasteiger partial charge < -0.3 is 5.73 Å². The first-order valence-electron chi connectivity index (χ1n) is 4.14. The van der Waals surface area contributed by atoms with Crippen molar-refractivity contribution in [3.63, 3.8) is 0 Å². The molecule has 0 unspecified atom stereocenters. The Balaban J connectivity index is 1.97. The van der Waals surface area contributed by atoms with E-state index < -0.39 is 17.5 Å². The maximum atomic E-state index is 12.3. The van der Waals surface area contributed by atoms with Gasteiger partial charge in [-0.15, -0.1) is 0 Å². The van der Waals surface area contributed by atoms with Crippen molar-refractivity contribution in [2.24, 2.45) is 16.6 Å². The van der Waals surface area contributed by atoms with E-state index in [4.69, 9.17) is 5.73 Å². The molecule has 3 fully saturated rings. The fourth-order valence-electron chi connectivity index (χ4n) is 2.86. The summed E-state index contributed by atoms with van der Waals surface area (Å²) < 4.78 is 36.9. The Labute approximate surface area is 73.3 Å². The smallest absolute Gasteiger partial charge is 0.370 e. The van der Waals surface area contributed by atoms with Gasteiger partial charge in [-0.05, 0) is 24.7 Å². The third-order valence-electron chi connectivity index (χ3n) is 3.29. The Morgan fingerprint density at radius 1 is 1.31 bits per heavy atom. The molecule has 0 spiro atoms. The van der Waals surface area contributed by atoms with Gasteiger partial charge in [0, 0.05) is 6.42 Å². The SMILES string of the molecule is NC(=O)CC12CC(C(F)(F)F)(C1)C2. The lowest BCUT2D eigenvalue weighted by Gasteiger charge is -2.70. The minimum atomic E-state index is -4.09. The summed E-state index contributed by atoms with van der Waals surface area (Å²) in [5.41, 5.74) is 3.10. The molecule has 0 aromatic rings. The molecule has 2 N–H and O–H groups in total. The van der Waals surface area contributed by atoms with Gasteiger partial charge in [0.15, 0.2) is 0 Å². The van der Waals surface area contributed by atoms with E-state index in [2.05, 4.69) is 0 Å². The van der Waals surface area contributed by atoms with Crippen LogP contribution in [0.15, 0.2) is 0 Å². The minimum Gasteiger partial charge on any atom is -0.370 e. The third-order valence-corrected chi connectivity index (χ3v) is 3.29. The van der Waals surface area contributed by atoms with Crippen molar-refractivity contribution in [2.45, 2.75) is 31.9 Å². The molecule has 0 radical (unpaired) electrons. The Bertz CT molecular complexity index is 251. The van der Waals surface area contributed by atoms with Gasteiger partial charge in [0.2, 0.25) is 5.91 Å². The number of amides is 1. The second kappa shape index (κ2) is 2.01. The molecule has 3 saturated carbocycles. The lowest BCUT2D eigenvalue weighted by Crippen LogP contribution is -2.68. The zero-order valence-corrected chi connectivity index (χ0v) is 6.95. The van der Waals surface area contributed by atoms with Crippen molar-refractivity contribution in [1.29, 1.82) is 0 Å². The molecule has 0 atom stereocenters. The van der Waals surface area contributed by atoms with E-state index in [9.17, 15) is 18.0 Å². The monoisotopic (exact) mass is 193 g/mol. The topological polar surface area (TPSA) is 43.1 Å². The Kier molecular flexibility index (Phi) is 1.37. The molecule has 13 heavy (non-hydrogen) atoms. The summed E-state index contributed by atoms with van der Waals surface area (Å²) in [7, 11) is 0. The molecule has 1 amide bonds. The second-order valence-electron chi connectivity index (χ2n) is 4.45. The molecular formula is C8H10F3NO. The standard InChI is InChI=1S/C8H10F3NO/c9-8(10,11)7-2-6(3-7,4-7)1-5(12)13/h1-4H2,(H2,12,13). The molecule has 0 heterocycles. The van der Waals surface area contributed by atoms with Crippen molar-refractivity contribution in [3.8, 4) is 0 Å². The van der Waals surface area contributed by atoms with Gasteiger partial charge in [-0.25, -0.2) is 0 Å². The number of primary amides is 1. The maximum absolute atomic E-state index is 12.3. The highest BCUT2D eigenvalue weighted by Crippen LogP contribution is 2.79.